The molecule has 30 heavy (non-hydrogen) atoms. The Balaban J connectivity index is 1.68. The highest BCUT2D eigenvalue weighted by atomic mass is 16.5. The average molecular weight is 406 g/mol. The molecule has 0 radical (unpaired) electrons. The summed E-state index contributed by atoms with van der Waals surface area (Å²) < 4.78 is 10.8. The minimum absolute atomic E-state index is 0.157. The lowest BCUT2D eigenvalue weighted by atomic mass is 10.1. The van der Waals surface area contributed by atoms with Crippen LogP contribution in [0.2, 0.25) is 0 Å². The van der Waals surface area contributed by atoms with Gasteiger partial charge in [-0.05, 0) is 56.2 Å². The first-order chi connectivity index (χ1) is 14.5. The standard InChI is InChI=1S/C23H22N2O5/c1-3-29-14-9-10-19-18(13-14)15(20(24-19)23(28)30-4-2)11-12-25-21(26)16-7-5-6-8-17(16)22(25)27/h5-10,13,24H,3-4,11-12H2,1-2H3. The molecular weight excluding hydrogens is 384 g/mol. The molecule has 0 saturated carbocycles. The Morgan fingerprint density at radius 3 is 2.33 bits per heavy atom. The third-order valence-electron chi connectivity index (χ3n) is 5.13. The van der Waals surface area contributed by atoms with E-state index in [1.807, 2.05) is 25.1 Å². The van der Waals surface area contributed by atoms with Crippen molar-refractivity contribution in [1.82, 2.24) is 9.88 Å². The number of carbonyl (C=O) groups is 3. The lowest BCUT2D eigenvalue weighted by Crippen LogP contribution is -2.32. The third kappa shape index (κ3) is 3.32. The number of carbonyl (C=O) groups excluding carboxylic acids is 3. The normalized spacial score (nSPS) is 13.1. The molecule has 0 fully saturated rings. The zero-order chi connectivity index (χ0) is 21.3. The van der Waals surface area contributed by atoms with Crippen LogP contribution in [-0.4, -0.2) is 47.4 Å². The van der Waals surface area contributed by atoms with E-state index in [9.17, 15) is 14.4 Å². The molecule has 0 unspecified atom stereocenters. The van der Waals surface area contributed by atoms with Crippen LogP contribution in [0.3, 0.4) is 0 Å². The van der Waals surface area contributed by atoms with Gasteiger partial charge in [0.15, 0.2) is 0 Å². The van der Waals surface area contributed by atoms with E-state index in [1.54, 1.807) is 31.2 Å². The van der Waals surface area contributed by atoms with Crippen molar-refractivity contribution >= 4 is 28.7 Å². The number of esters is 1. The summed E-state index contributed by atoms with van der Waals surface area (Å²) in [6.45, 7) is 4.56. The molecule has 0 atom stereocenters. The summed E-state index contributed by atoms with van der Waals surface area (Å²) in [4.78, 5) is 42.2. The van der Waals surface area contributed by atoms with E-state index in [4.69, 9.17) is 9.47 Å². The average Bonchev–Trinajstić information content (AvgIpc) is 3.23. The first kappa shape index (κ1) is 19.7. The minimum atomic E-state index is -0.468. The first-order valence-corrected chi connectivity index (χ1v) is 9.94. The van der Waals surface area contributed by atoms with E-state index >= 15 is 0 Å². The van der Waals surface area contributed by atoms with Gasteiger partial charge >= 0.3 is 5.97 Å². The summed E-state index contributed by atoms with van der Waals surface area (Å²) >= 11 is 0. The number of aromatic nitrogens is 1. The lowest BCUT2D eigenvalue weighted by Gasteiger charge is -2.14. The van der Waals surface area contributed by atoms with Gasteiger partial charge in [0.05, 0.1) is 24.3 Å². The van der Waals surface area contributed by atoms with Crippen LogP contribution in [-0.2, 0) is 11.2 Å². The monoisotopic (exact) mass is 406 g/mol. The number of fused-ring (bicyclic) bond motifs is 2. The number of benzene rings is 2. The zero-order valence-electron chi connectivity index (χ0n) is 16.9. The van der Waals surface area contributed by atoms with E-state index in [-0.39, 0.29) is 25.0 Å². The van der Waals surface area contributed by atoms with Crippen LogP contribution in [0, 0.1) is 0 Å². The molecule has 0 bridgehead atoms. The maximum Gasteiger partial charge on any atom is 0.355 e. The number of aromatic amines is 1. The van der Waals surface area contributed by atoms with E-state index in [2.05, 4.69) is 4.98 Å². The molecule has 1 aliphatic rings. The smallest absolute Gasteiger partial charge is 0.355 e. The first-order valence-electron chi connectivity index (χ1n) is 9.94. The fourth-order valence-corrected chi connectivity index (χ4v) is 3.79. The maximum absolute atomic E-state index is 12.7. The molecule has 0 aliphatic carbocycles. The van der Waals surface area contributed by atoms with Crippen molar-refractivity contribution < 1.29 is 23.9 Å². The summed E-state index contributed by atoms with van der Waals surface area (Å²) in [6, 6.07) is 12.3. The van der Waals surface area contributed by atoms with Gasteiger partial charge in [0, 0.05) is 17.4 Å². The minimum Gasteiger partial charge on any atom is -0.494 e. The van der Waals surface area contributed by atoms with Crippen LogP contribution in [0.25, 0.3) is 10.9 Å². The number of amides is 2. The topological polar surface area (TPSA) is 88.7 Å². The van der Waals surface area contributed by atoms with Crippen LogP contribution in [0.15, 0.2) is 42.5 Å². The number of nitrogens with zero attached hydrogens (tertiary/aromatic N) is 1. The Morgan fingerprint density at radius 2 is 1.70 bits per heavy atom. The highest BCUT2D eigenvalue weighted by Gasteiger charge is 2.35. The fraction of sp³-hybridized carbons (Fsp3) is 0.261. The fourth-order valence-electron chi connectivity index (χ4n) is 3.79. The van der Waals surface area contributed by atoms with Crippen molar-refractivity contribution in [2.75, 3.05) is 19.8 Å². The highest BCUT2D eigenvalue weighted by molar-refractivity contribution is 6.21. The Kier molecular flexibility index (Phi) is 5.27. The van der Waals surface area contributed by atoms with Gasteiger partial charge < -0.3 is 14.5 Å². The number of hydrogen-bond acceptors (Lipinski definition) is 5. The zero-order valence-corrected chi connectivity index (χ0v) is 16.9. The molecule has 1 aromatic heterocycles. The van der Waals surface area contributed by atoms with Gasteiger partial charge in [-0.1, -0.05) is 12.1 Å². The molecule has 7 heteroatoms. The molecule has 1 N–H and O–H groups in total. The van der Waals surface area contributed by atoms with Gasteiger partial charge in [0.2, 0.25) is 0 Å². The number of H-pyrrole nitrogens is 1. The molecule has 7 nitrogen and oxygen atoms in total. The number of hydrogen-bond donors (Lipinski definition) is 1. The SMILES string of the molecule is CCOC(=O)c1[nH]c2ccc(OCC)cc2c1CCN1C(=O)c2ccccc2C1=O. The third-order valence-corrected chi connectivity index (χ3v) is 5.13. The molecule has 0 spiro atoms. The Hall–Kier alpha value is -3.61. The van der Waals surface area contributed by atoms with Gasteiger partial charge in [0.25, 0.3) is 11.8 Å². The predicted octanol–water partition coefficient (Wildman–Crippen LogP) is 3.58. The summed E-state index contributed by atoms with van der Waals surface area (Å²) in [5.41, 5.74) is 2.61. The molecular formula is C23H22N2O5. The largest absolute Gasteiger partial charge is 0.494 e. The molecule has 2 amide bonds. The number of nitrogens with one attached hydrogen (secondary N) is 1. The van der Waals surface area contributed by atoms with E-state index in [0.717, 1.165) is 10.9 Å². The van der Waals surface area contributed by atoms with Gasteiger partial charge in [0.1, 0.15) is 11.4 Å². The van der Waals surface area contributed by atoms with Crippen LogP contribution < -0.4 is 4.74 Å². The number of rotatable bonds is 7. The van der Waals surface area contributed by atoms with Crippen molar-refractivity contribution in [3.8, 4) is 5.75 Å². The van der Waals surface area contributed by atoms with E-state index < -0.39 is 5.97 Å². The van der Waals surface area contributed by atoms with Crippen LogP contribution in [0.1, 0.15) is 50.6 Å². The van der Waals surface area contributed by atoms with Gasteiger partial charge in [-0.2, -0.15) is 0 Å². The second-order valence-corrected chi connectivity index (χ2v) is 6.90. The summed E-state index contributed by atoms with van der Waals surface area (Å²) in [5, 5.41) is 0.806. The molecule has 4 rings (SSSR count). The molecule has 3 aromatic rings. The van der Waals surface area contributed by atoms with Crippen molar-refractivity contribution in [1.29, 1.82) is 0 Å². The quantitative estimate of drug-likeness (QED) is 0.479. The van der Waals surface area contributed by atoms with Gasteiger partial charge in [-0.3, -0.25) is 14.5 Å². The second kappa shape index (κ2) is 8.02. The molecule has 0 saturated heterocycles. The molecule has 154 valence electrons. The van der Waals surface area contributed by atoms with Crippen molar-refractivity contribution in [3.05, 3.63) is 64.8 Å². The summed E-state index contributed by atoms with van der Waals surface area (Å²) in [5.74, 6) is -0.420. The van der Waals surface area contributed by atoms with Crippen molar-refractivity contribution in [3.63, 3.8) is 0 Å². The van der Waals surface area contributed by atoms with Crippen LogP contribution in [0.5, 0.6) is 5.75 Å². The van der Waals surface area contributed by atoms with Crippen LogP contribution >= 0.6 is 0 Å². The van der Waals surface area contributed by atoms with E-state index in [1.165, 1.54) is 4.90 Å². The molecule has 2 aromatic carbocycles. The highest BCUT2D eigenvalue weighted by Crippen LogP contribution is 2.29. The van der Waals surface area contributed by atoms with Crippen molar-refractivity contribution in [2.45, 2.75) is 20.3 Å². The van der Waals surface area contributed by atoms with E-state index in [0.29, 0.717) is 41.2 Å². The Bertz CT molecular complexity index is 1110. The number of imide groups is 1. The summed E-state index contributed by atoms with van der Waals surface area (Å²) in [7, 11) is 0. The van der Waals surface area contributed by atoms with Gasteiger partial charge in [-0.25, -0.2) is 4.79 Å². The van der Waals surface area contributed by atoms with Crippen LogP contribution in [0.4, 0.5) is 0 Å². The van der Waals surface area contributed by atoms with Gasteiger partial charge in [-0.15, -0.1) is 0 Å². The predicted molar refractivity (Wildman–Crippen MR) is 111 cm³/mol. The number of ether oxygens (including phenoxy) is 2. The Morgan fingerprint density at radius 1 is 1.00 bits per heavy atom. The molecule has 1 aliphatic heterocycles. The summed E-state index contributed by atoms with van der Waals surface area (Å²) in [6.07, 6.45) is 0.315. The van der Waals surface area contributed by atoms with Crippen molar-refractivity contribution in [2.24, 2.45) is 0 Å². The maximum atomic E-state index is 12.7. The Labute approximate surface area is 173 Å². The second-order valence-electron chi connectivity index (χ2n) is 6.90. The molecule has 2 heterocycles. The lowest BCUT2D eigenvalue weighted by molar-refractivity contribution is 0.0519.